The van der Waals surface area contributed by atoms with Gasteiger partial charge in [-0.2, -0.15) is 0 Å². The van der Waals surface area contributed by atoms with Crippen LogP contribution in [0.25, 0.3) is 0 Å². The molecule has 1 saturated carbocycles. The number of rotatable bonds is 2. The Labute approximate surface area is 99.5 Å². The summed E-state index contributed by atoms with van der Waals surface area (Å²) < 4.78 is 0. The van der Waals surface area contributed by atoms with Crippen LogP contribution in [0, 0.1) is 0 Å². The van der Waals surface area contributed by atoms with Crippen molar-refractivity contribution in [1.29, 1.82) is 0 Å². The molecule has 3 N–H and O–H groups in total. The molecule has 0 spiro atoms. The molecule has 1 aliphatic carbocycles. The van der Waals surface area contributed by atoms with Crippen LogP contribution in [0.4, 0.5) is 0 Å². The van der Waals surface area contributed by atoms with E-state index in [9.17, 15) is 14.4 Å². The van der Waals surface area contributed by atoms with Gasteiger partial charge in [-0.15, -0.1) is 0 Å². The Morgan fingerprint density at radius 1 is 1.24 bits per heavy atom. The first-order valence-electron chi connectivity index (χ1n) is 5.88. The van der Waals surface area contributed by atoms with Gasteiger partial charge in [0.25, 0.3) is 0 Å². The van der Waals surface area contributed by atoms with Crippen LogP contribution in [0.1, 0.15) is 32.1 Å². The van der Waals surface area contributed by atoms with E-state index in [0.29, 0.717) is 0 Å². The first kappa shape index (κ1) is 12.0. The van der Waals surface area contributed by atoms with Crippen molar-refractivity contribution in [3.63, 3.8) is 0 Å². The van der Waals surface area contributed by atoms with Crippen molar-refractivity contribution in [3.05, 3.63) is 0 Å². The van der Waals surface area contributed by atoms with E-state index in [1.54, 1.807) is 0 Å². The number of nitrogens with two attached hydrogens (primary N) is 1. The molecule has 1 heterocycles. The lowest BCUT2D eigenvalue weighted by molar-refractivity contribution is -0.146. The highest BCUT2D eigenvalue weighted by Crippen LogP contribution is 2.30. The van der Waals surface area contributed by atoms with Gasteiger partial charge in [0.05, 0.1) is 0 Å². The second kappa shape index (κ2) is 4.44. The molecule has 0 atom stereocenters. The van der Waals surface area contributed by atoms with Crippen molar-refractivity contribution < 1.29 is 14.4 Å². The molecule has 0 aromatic heterocycles. The average Bonchev–Trinajstić information content (AvgIpc) is 2.63. The summed E-state index contributed by atoms with van der Waals surface area (Å²) in [5.74, 6) is -1.04. The average molecular weight is 239 g/mol. The Hall–Kier alpha value is -1.43. The highest BCUT2D eigenvalue weighted by molar-refractivity contribution is 6.02. The predicted molar refractivity (Wildman–Crippen MR) is 59.7 cm³/mol. The Balaban J connectivity index is 1.95. The van der Waals surface area contributed by atoms with Gasteiger partial charge in [-0.1, -0.05) is 12.8 Å². The fourth-order valence-corrected chi connectivity index (χ4v) is 2.48. The molecular formula is C11H17N3O3. The van der Waals surface area contributed by atoms with Gasteiger partial charge in [0.1, 0.15) is 13.1 Å². The third-order valence-electron chi connectivity index (χ3n) is 3.40. The number of carbonyl (C=O) groups is 3. The summed E-state index contributed by atoms with van der Waals surface area (Å²) in [6.07, 6.45) is 4.00. The Bertz CT molecular complexity index is 345. The molecule has 0 unspecified atom stereocenters. The van der Waals surface area contributed by atoms with Crippen molar-refractivity contribution >= 4 is 17.7 Å². The highest BCUT2D eigenvalue weighted by atomic mass is 16.2. The van der Waals surface area contributed by atoms with Gasteiger partial charge in [0.2, 0.25) is 17.7 Å². The SMILES string of the molecule is NC1(CC(=O)N2CC(=O)NC(=O)C2)CCCC1. The molecule has 2 fully saturated rings. The topological polar surface area (TPSA) is 92.5 Å². The van der Waals surface area contributed by atoms with Crippen LogP contribution in [-0.4, -0.2) is 41.2 Å². The fraction of sp³-hybridized carbons (Fsp3) is 0.727. The van der Waals surface area contributed by atoms with Gasteiger partial charge >= 0.3 is 0 Å². The van der Waals surface area contributed by atoms with E-state index >= 15 is 0 Å². The van der Waals surface area contributed by atoms with Crippen molar-refractivity contribution in [2.75, 3.05) is 13.1 Å². The standard InChI is InChI=1S/C11H17N3O3/c12-11(3-1-2-4-11)5-10(17)14-6-8(15)13-9(16)7-14/h1-7,12H2,(H,13,15,16). The number of piperazine rings is 1. The Morgan fingerprint density at radius 3 is 2.29 bits per heavy atom. The molecule has 2 rings (SSSR count). The normalized spacial score (nSPS) is 23.7. The van der Waals surface area contributed by atoms with Gasteiger partial charge in [-0.25, -0.2) is 0 Å². The largest absolute Gasteiger partial charge is 0.325 e. The fourth-order valence-electron chi connectivity index (χ4n) is 2.48. The van der Waals surface area contributed by atoms with E-state index in [2.05, 4.69) is 5.32 Å². The lowest BCUT2D eigenvalue weighted by Gasteiger charge is -2.30. The molecule has 6 nitrogen and oxygen atoms in total. The molecule has 94 valence electrons. The summed E-state index contributed by atoms with van der Waals surface area (Å²) in [6, 6.07) is 0. The highest BCUT2D eigenvalue weighted by Gasteiger charge is 2.35. The predicted octanol–water partition coefficient (Wildman–Crippen LogP) is -0.867. The van der Waals surface area contributed by atoms with E-state index in [-0.39, 0.29) is 25.4 Å². The molecule has 1 aliphatic heterocycles. The molecule has 17 heavy (non-hydrogen) atoms. The first-order valence-corrected chi connectivity index (χ1v) is 5.88. The third-order valence-corrected chi connectivity index (χ3v) is 3.40. The second-order valence-electron chi connectivity index (χ2n) is 4.97. The van der Waals surface area contributed by atoms with Crippen LogP contribution in [0.15, 0.2) is 0 Å². The minimum Gasteiger partial charge on any atom is -0.325 e. The Morgan fingerprint density at radius 2 is 1.76 bits per heavy atom. The molecule has 6 heteroatoms. The van der Waals surface area contributed by atoms with Crippen LogP contribution >= 0.6 is 0 Å². The molecule has 0 bridgehead atoms. The van der Waals surface area contributed by atoms with Gasteiger partial charge in [0, 0.05) is 12.0 Å². The molecule has 0 radical (unpaired) electrons. The third kappa shape index (κ3) is 2.82. The number of amides is 3. The second-order valence-corrected chi connectivity index (χ2v) is 4.97. The van der Waals surface area contributed by atoms with E-state index in [1.165, 1.54) is 4.90 Å². The molecule has 3 amide bonds. The first-order chi connectivity index (χ1) is 7.98. The van der Waals surface area contributed by atoms with Gasteiger partial charge in [-0.05, 0) is 12.8 Å². The summed E-state index contributed by atoms with van der Waals surface area (Å²) >= 11 is 0. The number of nitrogens with zero attached hydrogens (tertiary/aromatic N) is 1. The summed E-state index contributed by atoms with van der Waals surface area (Å²) in [7, 11) is 0. The van der Waals surface area contributed by atoms with Crippen molar-refractivity contribution in [3.8, 4) is 0 Å². The molecular weight excluding hydrogens is 222 g/mol. The van der Waals surface area contributed by atoms with Crippen LogP contribution in [0.2, 0.25) is 0 Å². The summed E-state index contributed by atoms with van der Waals surface area (Å²) in [5, 5.41) is 2.16. The van der Waals surface area contributed by atoms with Gasteiger partial charge < -0.3 is 10.6 Å². The van der Waals surface area contributed by atoms with E-state index < -0.39 is 17.4 Å². The molecule has 2 aliphatic rings. The molecule has 1 saturated heterocycles. The van der Waals surface area contributed by atoms with Crippen LogP contribution in [0.5, 0.6) is 0 Å². The molecule has 0 aromatic rings. The van der Waals surface area contributed by atoms with Crippen LogP contribution in [-0.2, 0) is 14.4 Å². The zero-order valence-corrected chi connectivity index (χ0v) is 9.70. The van der Waals surface area contributed by atoms with Gasteiger partial charge in [0.15, 0.2) is 0 Å². The van der Waals surface area contributed by atoms with E-state index in [0.717, 1.165) is 25.7 Å². The monoisotopic (exact) mass is 239 g/mol. The summed E-state index contributed by atoms with van der Waals surface area (Å²) in [5.41, 5.74) is 5.67. The van der Waals surface area contributed by atoms with Crippen LogP contribution < -0.4 is 11.1 Å². The Kier molecular flexibility index (Phi) is 3.15. The lowest BCUT2D eigenvalue weighted by atomic mass is 9.94. The number of imide groups is 1. The van der Waals surface area contributed by atoms with E-state index in [4.69, 9.17) is 5.73 Å². The maximum atomic E-state index is 12.0. The smallest absolute Gasteiger partial charge is 0.246 e. The van der Waals surface area contributed by atoms with Gasteiger partial charge in [-0.3, -0.25) is 19.7 Å². The zero-order valence-electron chi connectivity index (χ0n) is 9.70. The van der Waals surface area contributed by atoms with Crippen molar-refractivity contribution in [2.24, 2.45) is 5.73 Å². The minimum atomic E-state index is -0.436. The zero-order chi connectivity index (χ0) is 12.5. The number of hydrogen-bond donors (Lipinski definition) is 2. The molecule has 0 aromatic carbocycles. The van der Waals surface area contributed by atoms with Crippen LogP contribution in [0.3, 0.4) is 0 Å². The minimum absolute atomic E-state index is 0.0410. The maximum absolute atomic E-state index is 12.0. The van der Waals surface area contributed by atoms with Crippen molar-refractivity contribution in [1.82, 2.24) is 10.2 Å². The number of hydrogen-bond acceptors (Lipinski definition) is 4. The summed E-state index contributed by atoms with van der Waals surface area (Å²) in [6.45, 7) is -0.0820. The van der Waals surface area contributed by atoms with Crippen molar-refractivity contribution in [2.45, 2.75) is 37.6 Å². The summed E-state index contributed by atoms with van der Waals surface area (Å²) in [4.78, 5) is 35.5. The number of nitrogens with one attached hydrogen (secondary N) is 1. The van der Waals surface area contributed by atoms with E-state index in [1.807, 2.05) is 0 Å². The lowest BCUT2D eigenvalue weighted by Crippen LogP contribution is -2.55. The quantitative estimate of drug-likeness (QED) is 0.613. The maximum Gasteiger partial charge on any atom is 0.246 e. The number of carbonyl (C=O) groups excluding carboxylic acids is 3.